The van der Waals surface area contributed by atoms with E-state index in [4.69, 9.17) is 4.18 Å². The molecule has 0 aliphatic carbocycles. The van der Waals surface area contributed by atoms with Crippen molar-refractivity contribution >= 4 is 16.0 Å². The summed E-state index contributed by atoms with van der Waals surface area (Å²) in [5.41, 5.74) is -3.78. The Morgan fingerprint density at radius 3 is 1.92 bits per heavy atom. The van der Waals surface area contributed by atoms with Gasteiger partial charge in [-0.2, -0.15) is 34.8 Å². The Labute approximate surface area is 213 Å². The Hall–Kier alpha value is -3.61. The number of hydrogen-bond acceptors (Lipinski definition) is 4. The van der Waals surface area contributed by atoms with Gasteiger partial charge in [-0.15, -0.1) is 0 Å². The number of benzene rings is 3. The molecule has 13 heteroatoms. The second-order valence-electron chi connectivity index (χ2n) is 8.46. The van der Waals surface area contributed by atoms with Crippen LogP contribution < -0.4 is 4.18 Å². The number of rotatable bonds is 7. The van der Waals surface area contributed by atoms with Gasteiger partial charge in [0.25, 0.3) is 5.91 Å². The third-order valence-electron chi connectivity index (χ3n) is 5.28. The fourth-order valence-corrected chi connectivity index (χ4v) is 4.32. The van der Waals surface area contributed by atoms with Gasteiger partial charge in [-0.1, -0.05) is 12.1 Å². The minimum atomic E-state index is -5.12. The maximum absolute atomic E-state index is 13.3. The summed E-state index contributed by atoms with van der Waals surface area (Å²) in [7, 11) is -4.35. The van der Waals surface area contributed by atoms with E-state index in [1.54, 1.807) is 0 Å². The number of carbonyl (C=O) groups is 1. The topological polar surface area (TPSA) is 63.7 Å². The Morgan fingerprint density at radius 2 is 1.42 bits per heavy atom. The summed E-state index contributed by atoms with van der Waals surface area (Å²) < 4.78 is 123. The van der Waals surface area contributed by atoms with Crippen molar-refractivity contribution in [3.63, 3.8) is 0 Å². The van der Waals surface area contributed by atoms with Crippen molar-refractivity contribution in [1.82, 2.24) is 4.90 Å². The molecule has 0 saturated carbocycles. The van der Waals surface area contributed by atoms with Gasteiger partial charge in [0.05, 0.1) is 11.1 Å². The number of alkyl halides is 6. The lowest BCUT2D eigenvalue weighted by atomic mass is 10.0. The summed E-state index contributed by atoms with van der Waals surface area (Å²) in [5, 5.41) is 0. The highest BCUT2D eigenvalue weighted by atomic mass is 32.2. The van der Waals surface area contributed by atoms with E-state index in [2.05, 4.69) is 0 Å². The lowest BCUT2D eigenvalue weighted by Crippen LogP contribution is -2.36. The summed E-state index contributed by atoms with van der Waals surface area (Å²) in [5.74, 6) is -1.93. The molecule has 0 aliphatic rings. The SMILES string of the molecule is CC(C)N(Cc1cccc(OS(=O)(=O)c2ccc(F)cc2)c1)C(=O)c1cc(C(F)(F)F)cc(C(F)(F)F)c1. The van der Waals surface area contributed by atoms with Gasteiger partial charge in [-0.05, 0) is 74.0 Å². The maximum atomic E-state index is 13.3. The Kier molecular flexibility index (Phi) is 8.10. The van der Waals surface area contributed by atoms with E-state index < -0.39 is 56.9 Å². The highest BCUT2D eigenvalue weighted by Gasteiger charge is 2.38. The number of halogens is 7. The molecule has 0 fully saturated rings. The van der Waals surface area contributed by atoms with Gasteiger partial charge in [-0.3, -0.25) is 4.79 Å². The van der Waals surface area contributed by atoms with Crippen molar-refractivity contribution < 1.29 is 48.1 Å². The lowest BCUT2D eigenvalue weighted by molar-refractivity contribution is -0.143. The summed E-state index contributed by atoms with van der Waals surface area (Å²) in [6, 6.07) is 9.20. The molecule has 0 atom stereocenters. The summed E-state index contributed by atoms with van der Waals surface area (Å²) >= 11 is 0. The molecule has 0 unspecified atom stereocenters. The van der Waals surface area contributed by atoms with Crippen LogP contribution in [0.3, 0.4) is 0 Å². The van der Waals surface area contributed by atoms with Crippen molar-refractivity contribution in [2.45, 2.75) is 43.7 Å². The highest BCUT2D eigenvalue weighted by molar-refractivity contribution is 7.87. The Balaban J connectivity index is 1.91. The number of nitrogens with zero attached hydrogens (tertiary/aromatic N) is 1. The van der Waals surface area contributed by atoms with Crippen molar-refractivity contribution in [2.75, 3.05) is 0 Å². The molecule has 0 saturated heterocycles. The molecule has 3 rings (SSSR count). The van der Waals surface area contributed by atoms with Gasteiger partial charge in [-0.25, -0.2) is 4.39 Å². The summed E-state index contributed by atoms with van der Waals surface area (Å²) in [6.07, 6.45) is -10.2. The van der Waals surface area contributed by atoms with E-state index >= 15 is 0 Å². The lowest BCUT2D eigenvalue weighted by Gasteiger charge is -2.28. The molecule has 1 amide bonds. The number of carbonyl (C=O) groups excluding carboxylic acids is 1. The third-order valence-corrected chi connectivity index (χ3v) is 6.54. The van der Waals surface area contributed by atoms with Gasteiger partial charge in [0.1, 0.15) is 16.5 Å². The van der Waals surface area contributed by atoms with Crippen LogP contribution in [0.5, 0.6) is 5.75 Å². The first kappa shape index (κ1) is 29.0. The van der Waals surface area contributed by atoms with E-state index in [0.29, 0.717) is 12.1 Å². The first-order valence-corrected chi connectivity index (χ1v) is 12.3. The van der Waals surface area contributed by atoms with Crippen LogP contribution in [0.15, 0.2) is 71.6 Å². The molecule has 0 aliphatic heterocycles. The van der Waals surface area contributed by atoms with E-state index in [9.17, 15) is 43.9 Å². The first-order valence-electron chi connectivity index (χ1n) is 10.9. The van der Waals surface area contributed by atoms with Crippen LogP contribution >= 0.6 is 0 Å². The summed E-state index contributed by atoms with van der Waals surface area (Å²) in [4.78, 5) is 13.8. The zero-order valence-electron chi connectivity index (χ0n) is 19.8. The number of hydrogen-bond donors (Lipinski definition) is 0. The molecule has 5 nitrogen and oxygen atoms in total. The molecule has 3 aromatic carbocycles. The number of amides is 1. The summed E-state index contributed by atoms with van der Waals surface area (Å²) in [6.45, 7) is 2.73. The molecule has 0 N–H and O–H groups in total. The highest BCUT2D eigenvalue weighted by Crippen LogP contribution is 2.37. The van der Waals surface area contributed by atoms with Crippen LogP contribution in [0.2, 0.25) is 0 Å². The first-order chi connectivity index (χ1) is 17.5. The minimum absolute atomic E-state index is 0.0706. The van der Waals surface area contributed by atoms with Crippen molar-refractivity contribution in [3.05, 3.63) is 94.8 Å². The van der Waals surface area contributed by atoms with Crippen molar-refractivity contribution in [3.8, 4) is 5.75 Å². The average molecular weight is 563 g/mol. The molecule has 0 bridgehead atoms. The smallest absolute Gasteiger partial charge is 0.379 e. The predicted octanol–water partition coefficient (Wildman–Crippen LogP) is 6.68. The second-order valence-corrected chi connectivity index (χ2v) is 10.0. The molecule has 0 spiro atoms. The molecule has 0 heterocycles. The molecular weight excluding hydrogens is 543 g/mol. The minimum Gasteiger partial charge on any atom is -0.379 e. The monoisotopic (exact) mass is 563 g/mol. The van der Waals surface area contributed by atoms with Crippen LogP contribution in [0, 0.1) is 5.82 Å². The molecule has 204 valence electrons. The quantitative estimate of drug-likeness (QED) is 0.238. The molecule has 0 radical (unpaired) electrons. The average Bonchev–Trinajstić information content (AvgIpc) is 2.81. The van der Waals surface area contributed by atoms with Crippen molar-refractivity contribution in [2.24, 2.45) is 0 Å². The van der Waals surface area contributed by atoms with Gasteiger partial charge in [0.15, 0.2) is 0 Å². The van der Waals surface area contributed by atoms with Crippen molar-refractivity contribution in [1.29, 1.82) is 0 Å². The van der Waals surface area contributed by atoms with E-state index in [1.807, 2.05) is 0 Å². The van der Waals surface area contributed by atoms with Crippen LogP contribution in [-0.4, -0.2) is 25.3 Å². The maximum Gasteiger partial charge on any atom is 0.416 e. The second kappa shape index (κ2) is 10.6. The fraction of sp³-hybridized carbons (Fsp3) is 0.240. The van der Waals surface area contributed by atoms with Crippen LogP contribution in [-0.2, 0) is 29.0 Å². The Morgan fingerprint density at radius 1 is 0.868 bits per heavy atom. The molecule has 38 heavy (non-hydrogen) atoms. The largest absolute Gasteiger partial charge is 0.416 e. The van der Waals surface area contributed by atoms with E-state index in [0.717, 1.165) is 29.2 Å². The predicted molar refractivity (Wildman–Crippen MR) is 122 cm³/mol. The van der Waals surface area contributed by atoms with Crippen LogP contribution in [0.1, 0.15) is 40.9 Å². The molecule has 0 aromatic heterocycles. The Bertz CT molecular complexity index is 1380. The normalized spacial score (nSPS) is 12.5. The van der Waals surface area contributed by atoms with Gasteiger partial charge >= 0.3 is 22.5 Å². The van der Waals surface area contributed by atoms with Gasteiger partial charge in [0, 0.05) is 18.2 Å². The van der Waals surface area contributed by atoms with Gasteiger partial charge < -0.3 is 9.08 Å². The molecule has 3 aromatic rings. The van der Waals surface area contributed by atoms with Crippen LogP contribution in [0.25, 0.3) is 0 Å². The van der Waals surface area contributed by atoms with Gasteiger partial charge in [0.2, 0.25) is 0 Å². The van der Waals surface area contributed by atoms with Crippen LogP contribution in [0.4, 0.5) is 30.7 Å². The zero-order valence-corrected chi connectivity index (χ0v) is 20.6. The van der Waals surface area contributed by atoms with E-state index in [1.165, 1.54) is 38.1 Å². The fourth-order valence-electron chi connectivity index (χ4n) is 3.40. The standard InChI is InChI=1S/C25H20F7NO4S/c1-15(2)33(23(34)17-11-18(24(27,28)29)13-19(12-17)25(30,31)32)14-16-4-3-5-21(10-16)37-38(35,36)22-8-6-20(26)7-9-22/h3-13,15H,14H2,1-2H3. The third kappa shape index (κ3) is 7.03. The van der Waals surface area contributed by atoms with E-state index in [-0.39, 0.29) is 28.8 Å². The molecular formula is C25H20F7NO4S. The zero-order chi connectivity index (χ0) is 28.5.